The van der Waals surface area contributed by atoms with Crippen LogP contribution in [0.5, 0.6) is 0 Å². The summed E-state index contributed by atoms with van der Waals surface area (Å²) in [4.78, 5) is 24.6. The molecule has 0 radical (unpaired) electrons. The minimum absolute atomic E-state index is 0.310. The van der Waals surface area contributed by atoms with Gasteiger partial charge in [-0.05, 0) is 28.5 Å². The number of fused-ring (bicyclic) bond motifs is 1. The Bertz CT molecular complexity index is 894. The Balaban J connectivity index is 1.79. The molecule has 0 bridgehead atoms. The van der Waals surface area contributed by atoms with Crippen LogP contribution in [0.4, 0.5) is 0 Å². The molecule has 1 atom stereocenters. The normalized spacial score (nSPS) is 11.7. The van der Waals surface area contributed by atoms with E-state index in [4.69, 9.17) is 5.84 Å². The molecule has 3 aromatic carbocycles. The smallest absolute Gasteiger partial charge is 0.256 e. The van der Waals surface area contributed by atoms with Crippen LogP contribution in [0.1, 0.15) is 15.9 Å². The van der Waals surface area contributed by atoms with Gasteiger partial charge in [0.05, 0.1) is 0 Å². The van der Waals surface area contributed by atoms with Crippen molar-refractivity contribution >= 4 is 22.6 Å². The Morgan fingerprint density at radius 3 is 2.28 bits per heavy atom. The van der Waals surface area contributed by atoms with Crippen LogP contribution in [-0.4, -0.2) is 17.9 Å². The predicted molar refractivity (Wildman–Crippen MR) is 97.7 cm³/mol. The van der Waals surface area contributed by atoms with Crippen molar-refractivity contribution in [3.63, 3.8) is 0 Å². The van der Waals surface area contributed by atoms with Gasteiger partial charge in [0, 0.05) is 12.0 Å². The molecule has 0 saturated carbocycles. The van der Waals surface area contributed by atoms with Crippen LogP contribution in [-0.2, 0) is 11.2 Å². The number of rotatable bonds is 5. The van der Waals surface area contributed by atoms with Crippen LogP contribution in [0.15, 0.2) is 72.8 Å². The lowest BCUT2D eigenvalue weighted by Crippen LogP contribution is -2.50. The highest BCUT2D eigenvalue weighted by Gasteiger charge is 2.21. The summed E-state index contributed by atoms with van der Waals surface area (Å²) in [5.74, 6) is 4.52. The number of hydrogen-bond acceptors (Lipinski definition) is 3. The molecule has 0 aliphatic rings. The maximum atomic E-state index is 12.6. The molecule has 0 aliphatic carbocycles. The first-order valence-electron chi connectivity index (χ1n) is 8.01. The Morgan fingerprint density at radius 1 is 0.880 bits per heavy atom. The minimum atomic E-state index is -0.744. The van der Waals surface area contributed by atoms with Gasteiger partial charge in [-0.25, -0.2) is 5.84 Å². The predicted octanol–water partition coefficient (Wildman–Crippen LogP) is 2.17. The van der Waals surface area contributed by atoms with Crippen molar-refractivity contribution < 1.29 is 9.59 Å². The Kier molecular flexibility index (Phi) is 5.06. The minimum Gasteiger partial charge on any atom is -0.340 e. The van der Waals surface area contributed by atoms with Gasteiger partial charge in [0.2, 0.25) is 0 Å². The quantitative estimate of drug-likeness (QED) is 0.380. The number of carbonyl (C=O) groups is 2. The molecule has 5 heteroatoms. The maximum absolute atomic E-state index is 12.6. The molecule has 0 heterocycles. The van der Waals surface area contributed by atoms with Crippen molar-refractivity contribution in [2.75, 3.05) is 0 Å². The summed E-state index contributed by atoms with van der Waals surface area (Å²) in [5, 5.41) is 4.79. The number of hydrogen-bond donors (Lipinski definition) is 3. The summed E-state index contributed by atoms with van der Waals surface area (Å²) in [7, 11) is 0. The number of nitrogens with one attached hydrogen (secondary N) is 2. The van der Waals surface area contributed by atoms with E-state index in [0.717, 1.165) is 16.3 Å². The summed E-state index contributed by atoms with van der Waals surface area (Å²) in [6, 6.07) is 22.0. The molecule has 0 spiro atoms. The second-order valence-electron chi connectivity index (χ2n) is 5.79. The van der Waals surface area contributed by atoms with Crippen molar-refractivity contribution in [2.45, 2.75) is 12.5 Å². The second-order valence-corrected chi connectivity index (χ2v) is 5.79. The van der Waals surface area contributed by atoms with Gasteiger partial charge in [0.25, 0.3) is 11.8 Å². The molecule has 25 heavy (non-hydrogen) atoms. The molecule has 0 unspecified atom stereocenters. The first-order valence-corrected chi connectivity index (χ1v) is 8.01. The first-order chi connectivity index (χ1) is 12.2. The molecule has 126 valence electrons. The van der Waals surface area contributed by atoms with Crippen molar-refractivity contribution in [2.24, 2.45) is 5.84 Å². The van der Waals surface area contributed by atoms with Crippen LogP contribution in [0.3, 0.4) is 0 Å². The van der Waals surface area contributed by atoms with Crippen molar-refractivity contribution in [3.8, 4) is 0 Å². The van der Waals surface area contributed by atoms with Gasteiger partial charge in [-0.2, -0.15) is 0 Å². The van der Waals surface area contributed by atoms with E-state index in [0.29, 0.717) is 12.0 Å². The highest BCUT2D eigenvalue weighted by atomic mass is 16.2. The standard InChI is InChI=1S/C20H19N3O2/c21-23-20(25)18(12-14-6-2-1-3-7-14)22-19(24)17-11-10-15-8-4-5-9-16(15)13-17/h1-11,13,18H,12,21H2,(H,22,24)(H,23,25)/t18-/m0/s1. The molecule has 4 N–H and O–H groups in total. The molecule has 2 amide bonds. The van der Waals surface area contributed by atoms with Crippen LogP contribution >= 0.6 is 0 Å². The van der Waals surface area contributed by atoms with E-state index in [2.05, 4.69) is 10.7 Å². The number of amides is 2. The van der Waals surface area contributed by atoms with Crippen molar-refractivity contribution in [1.29, 1.82) is 0 Å². The summed E-state index contributed by atoms with van der Waals surface area (Å²) >= 11 is 0. The third kappa shape index (κ3) is 4.02. The van der Waals surface area contributed by atoms with Crippen LogP contribution < -0.4 is 16.6 Å². The average Bonchev–Trinajstić information content (AvgIpc) is 2.67. The Morgan fingerprint density at radius 2 is 1.56 bits per heavy atom. The fourth-order valence-corrected chi connectivity index (χ4v) is 2.73. The van der Waals surface area contributed by atoms with E-state index in [1.807, 2.05) is 66.7 Å². The number of carbonyl (C=O) groups excluding carboxylic acids is 2. The zero-order valence-corrected chi connectivity index (χ0v) is 13.6. The summed E-state index contributed by atoms with van der Waals surface area (Å²) < 4.78 is 0. The molecular formula is C20H19N3O2. The summed E-state index contributed by atoms with van der Waals surface area (Å²) in [6.45, 7) is 0. The lowest BCUT2D eigenvalue weighted by Gasteiger charge is -2.17. The Labute approximate surface area is 145 Å². The van der Waals surface area contributed by atoms with Gasteiger partial charge in [0.1, 0.15) is 6.04 Å². The molecule has 0 saturated heterocycles. The molecule has 3 aromatic rings. The fourth-order valence-electron chi connectivity index (χ4n) is 2.73. The zero-order valence-electron chi connectivity index (χ0n) is 13.6. The lowest BCUT2D eigenvalue weighted by atomic mass is 10.0. The number of hydrazine groups is 1. The largest absolute Gasteiger partial charge is 0.340 e. The van der Waals surface area contributed by atoms with Crippen molar-refractivity contribution in [3.05, 3.63) is 83.9 Å². The van der Waals surface area contributed by atoms with E-state index < -0.39 is 11.9 Å². The van der Waals surface area contributed by atoms with E-state index >= 15 is 0 Å². The zero-order chi connectivity index (χ0) is 17.6. The van der Waals surface area contributed by atoms with Gasteiger partial charge < -0.3 is 5.32 Å². The highest BCUT2D eigenvalue weighted by molar-refractivity contribution is 6.00. The third-order valence-electron chi connectivity index (χ3n) is 4.06. The maximum Gasteiger partial charge on any atom is 0.256 e. The fraction of sp³-hybridized carbons (Fsp3) is 0.100. The van der Waals surface area contributed by atoms with Gasteiger partial charge in [-0.1, -0.05) is 60.7 Å². The highest BCUT2D eigenvalue weighted by Crippen LogP contribution is 2.16. The number of nitrogens with two attached hydrogens (primary N) is 1. The van der Waals surface area contributed by atoms with Gasteiger partial charge in [-0.3, -0.25) is 15.0 Å². The molecule has 0 aliphatic heterocycles. The van der Waals surface area contributed by atoms with E-state index in [-0.39, 0.29) is 5.91 Å². The van der Waals surface area contributed by atoms with Crippen LogP contribution in [0, 0.1) is 0 Å². The van der Waals surface area contributed by atoms with Gasteiger partial charge >= 0.3 is 0 Å². The van der Waals surface area contributed by atoms with E-state index in [1.165, 1.54) is 0 Å². The SMILES string of the molecule is NNC(=O)[C@H](Cc1ccccc1)NC(=O)c1ccc2ccccc2c1. The molecule has 5 nitrogen and oxygen atoms in total. The molecular weight excluding hydrogens is 314 g/mol. The van der Waals surface area contributed by atoms with Crippen molar-refractivity contribution in [1.82, 2.24) is 10.7 Å². The molecule has 0 fully saturated rings. The first kappa shape index (κ1) is 16.7. The van der Waals surface area contributed by atoms with Crippen LogP contribution in [0.25, 0.3) is 10.8 Å². The second kappa shape index (κ2) is 7.59. The monoisotopic (exact) mass is 333 g/mol. The summed E-state index contributed by atoms with van der Waals surface area (Å²) in [5.41, 5.74) is 3.56. The average molecular weight is 333 g/mol. The third-order valence-corrected chi connectivity index (χ3v) is 4.06. The topological polar surface area (TPSA) is 84.2 Å². The number of benzene rings is 3. The van der Waals surface area contributed by atoms with Gasteiger partial charge in [-0.15, -0.1) is 0 Å². The summed E-state index contributed by atoms with van der Waals surface area (Å²) in [6.07, 6.45) is 0.364. The van der Waals surface area contributed by atoms with Gasteiger partial charge in [0.15, 0.2) is 0 Å². The molecule has 0 aromatic heterocycles. The Hall–Kier alpha value is -3.18. The van der Waals surface area contributed by atoms with E-state index in [9.17, 15) is 9.59 Å². The lowest BCUT2D eigenvalue weighted by molar-refractivity contribution is -0.123. The van der Waals surface area contributed by atoms with E-state index in [1.54, 1.807) is 6.07 Å². The van der Waals surface area contributed by atoms with Crippen LogP contribution in [0.2, 0.25) is 0 Å². The molecule has 3 rings (SSSR count).